The summed E-state index contributed by atoms with van der Waals surface area (Å²) in [5.41, 5.74) is 1.07. The molecule has 0 spiro atoms. The molecule has 0 saturated carbocycles. The predicted molar refractivity (Wildman–Crippen MR) is 81.1 cm³/mol. The van der Waals surface area contributed by atoms with E-state index in [2.05, 4.69) is 5.32 Å². The van der Waals surface area contributed by atoms with Gasteiger partial charge in [0.1, 0.15) is 12.4 Å². The van der Waals surface area contributed by atoms with Crippen LogP contribution >= 0.6 is 0 Å². The second-order valence-corrected chi connectivity index (χ2v) is 4.92. The average molecular weight is 285 g/mol. The average Bonchev–Trinajstić information content (AvgIpc) is 2.56. The summed E-state index contributed by atoms with van der Waals surface area (Å²) >= 11 is 0. The fraction of sp³-hybridized carbons (Fsp3) is 0.294. The Morgan fingerprint density at radius 1 is 1.10 bits per heavy atom. The lowest BCUT2D eigenvalue weighted by atomic mass is 10.00. The quantitative estimate of drug-likeness (QED) is 0.937. The highest BCUT2D eigenvalue weighted by Crippen LogP contribution is 2.36. The highest BCUT2D eigenvalue weighted by atomic mass is 16.6. The molecular formula is C17H19NO3. The third-order valence-corrected chi connectivity index (χ3v) is 3.69. The van der Waals surface area contributed by atoms with Gasteiger partial charge >= 0.3 is 0 Å². The minimum Gasteiger partial charge on any atom is -0.496 e. The Balaban J connectivity index is 1.88. The van der Waals surface area contributed by atoms with Gasteiger partial charge in [-0.25, -0.2) is 0 Å². The van der Waals surface area contributed by atoms with Crippen LogP contribution in [0.5, 0.6) is 17.2 Å². The van der Waals surface area contributed by atoms with Crippen LogP contribution < -0.4 is 19.5 Å². The van der Waals surface area contributed by atoms with Crippen molar-refractivity contribution in [2.24, 2.45) is 0 Å². The van der Waals surface area contributed by atoms with Gasteiger partial charge in [0.15, 0.2) is 17.6 Å². The van der Waals surface area contributed by atoms with E-state index in [1.807, 2.05) is 55.6 Å². The highest BCUT2D eigenvalue weighted by Gasteiger charge is 2.30. The van der Waals surface area contributed by atoms with Gasteiger partial charge in [0.25, 0.3) is 0 Å². The molecule has 4 heteroatoms. The normalized spacial score (nSPS) is 18.1. The highest BCUT2D eigenvalue weighted by molar-refractivity contribution is 5.42. The van der Waals surface area contributed by atoms with Gasteiger partial charge in [0, 0.05) is 5.56 Å². The van der Waals surface area contributed by atoms with Crippen molar-refractivity contribution < 1.29 is 14.2 Å². The van der Waals surface area contributed by atoms with Crippen LogP contribution in [0.1, 0.15) is 11.6 Å². The van der Waals surface area contributed by atoms with Crippen molar-refractivity contribution in [3.05, 3.63) is 54.1 Å². The molecule has 0 radical (unpaired) electrons. The first-order valence-corrected chi connectivity index (χ1v) is 7.02. The molecule has 1 heterocycles. The largest absolute Gasteiger partial charge is 0.496 e. The molecule has 1 aliphatic heterocycles. The Morgan fingerprint density at radius 3 is 2.57 bits per heavy atom. The molecule has 2 unspecified atom stereocenters. The van der Waals surface area contributed by atoms with Gasteiger partial charge in [-0.05, 0) is 25.2 Å². The van der Waals surface area contributed by atoms with Crippen molar-refractivity contribution in [3.8, 4) is 17.2 Å². The molecule has 4 nitrogen and oxygen atoms in total. The van der Waals surface area contributed by atoms with Crippen molar-refractivity contribution in [1.29, 1.82) is 0 Å². The van der Waals surface area contributed by atoms with Crippen LogP contribution in [0.4, 0.5) is 0 Å². The number of fused-ring (bicyclic) bond motifs is 1. The van der Waals surface area contributed by atoms with E-state index in [0.717, 1.165) is 22.8 Å². The standard InChI is InChI=1S/C17H19NO3/c1-18-17(12-7-3-4-8-13(12)19-2)16-11-20-14-9-5-6-10-15(14)21-16/h3-10,16-18H,11H2,1-2H3. The third-order valence-electron chi connectivity index (χ3n) is 3.69. The molecule has 0 amide bonds. The number of ether oxygens (including phenoxy) is 3. The number of nitrogens with one attached hydrogen (secondary N) is 1. The van der Waals surface area contributed by atoms with Gasteiger partial charge in [-0.2, -0.15) is 0 Å². The first-order valence-electron chi connectivity index (χ1n) is 7.02. The SMILES string of the molecule is CNC(c1ccccc1OC)C1COc2ccccc2O1. The molecule has 110 valence electrons. The molecular weight excluding hydrogens is 266 g/mol. The zero-order valence-electron chi connectivity index (χ0n) is 12.2. The first-order chi connectivity index (χ1) is 10.3. The molecule has 2 aromatic carbocycles. The summed E-state index contributed by atoms with van der Waals surface area (Å²) in [6.07, 6.45) is -0.110. The van der Waals surface area contributed by atoms with E-state index in [1.165, 1.54) is 0 Å². The van der Waals surface area contributed by atoms with E-state index < -0.39 is 0 Å². The van der Waals surface area contributed by atoms with Crippen molar-refractivity contribution in [2.75, 3.05) is 20.8 Å². The van der Waals surface area contributed by atoms with Crippen LogP contribution in [0.25, 0.3) is 0 Å². The maximum absolute atomic E-state index is 6.10. The van der Waals surface area contributed by atoms with Gasteiger partial charge < -0.3 is 19.5 Å². The van der Waals surface area contributed by atoms with Gasteiger partial charge in [-0.3, -0.25) is 0 Å². The minimum absolute atomic E-state index is 0.00509. The summed E-state index contributed by atoms with van der Waals surface area (Å²) in [5.74, 6) is 2.42. The van der Waals surface area contributed by atoms with Crippen LogP contribution in [0.2, 0.25) is 0 Å². The van der Waals surface area contributed by atoms with Crippen molar-refractivity contribution in [3.63, 3.8) is 0 Å². The number of likely N-dealkylation sites (N-methyl/N-ethyl adjacent to an activating group) is 1. The van der Waals surface area contributed by atoms with E-state index in [4.69, 9.17) is 14.2 Å². The van der Waals surface area contributed by atoms with E-state index in [-0.39, 0.29) is 12.1 Å². The summed E-state index contributed by atoms with van der Waals surface area (Å²) in [4.78, 5) is 0. The summed E-state index contributed by atoms with van der Waals surface area (Å²) in [5, 5.41) is 3.31. The fourth-order valence-electron chi connectivity index (χ4n) is 2.67. The Labute approximate surface area is 124 Å². The predicted octanol–water partition coefficient (Wildman–Crippen LogP) is 2.80. The Kier molecular flexibility index (Phi) is 3.97. The summed E-state index contributed by atoms with van der Waals surface area (Å²) in [6, 6.07) is 15.7. The molecule has 2 atom stereocenters. The summed E-state index contributed by atoms with van der Waals surface area (Å²) < 4.78 is 17.4. The third kappa shape index (κ3) is 2.67. The number of methoxy groups -OCH3 is 1. The molecule has 0 aliphatic carbocycles. The van der Waals surface area contributed by atoms with Gasteiger partial charge in [-0.15, -0.1) is 0 Å². The Morgan fingerprint density at radius 2 is 1.81 bits per heavy atom. The monoisotopic (exact) mass is 285 g/mol. The molecule has 1 N–H and O–H groups in total. The Bertz CT molecular complexity index is 614. The fourth-order valence-corrected chi connectivity index (χ4v) is 2.67. The summed E-state index contributed by atoms with van der Waals surface area (Å²) in [6.45, 7) is 0.501. The van der Waals surface area contributed by atoms with E-state index in [0.29, 0.717) is 6.61 Å². The van der Waals surface area contributed by atoms with Crippen LogP contribution in [-0.4, -0.2) is 26.9 Å². The second-order valence-electron chi connectivity index (χ2n) is 4.92. The smallest absolute Gasteiger partial charge is 0.161 e. The number of hydrogen-bond donors (Lipinski definition) is 1. The lowest BCUT2D eigenvalue weighted by Gasteiger charge is -2.32. The molecule has 2 aromatic rings. The number of benzene rings is 2. The molecule has 0 bridgehead atoms. The van der Waals surface area contributed by atoms with E-state index in [9.17, 15) is 0 Å². The van der Waals surface area contributed by atoms with Crippen LogP contribution in [0.15, 0.2) is 48.5 Å². The topological polar surface area (TPSA) is 39.7 Å². The van der Waals surface area contributed by atoms with Crippen molar-refractivity contribution in [1.82, 2.24) is 5.32 Å². The zero-order chi connectivity index (χ0) is 14.7. The van der Waals surface area contributed by atoms with Gasteiger partial charge in [0.2, 0.25) is 0 Å². The van der Waals surface area contributed by atoms with E-state index >= 15 is 0 Å². The van der Waals surface area contributed by atoms with Gasteiger partial charge in [-0.1, -0.05) is 30.3 Å². The molecule has 0 aromatic heterocycles. The number of rotatable bonds is 4. The summed E-state index contributed by atoms with van der Waals surface area (Å²) in [7, 11) is 3.60. The van der Waals surface area contributed by atoms with Crippen molar-refractivity contribution >= 4 is 0 Å². The molecule has 1 aliphatic rings. The molecule has 3 rings (SSSR count). The lowest BCUT2D eigenvalue weighted by molar-refractivity contribution is 0.0631. The van der Waals surface area contributed by atoms with Crippen LogP contribution in [0.3, 0.4) is 0 Å². The van der Waals surface area contributed by atoms with E-state index in [1.54, 1.807) is 7.11 Å². The molecule has 0 saturated heterocycles. The van der Waals surface area contributed by atoms with Gasteiger partial charge in [0.05, 0.1) is 13.2 Å². The first kappa shape index (κ1) is 13.8. The number of hydrogen-bond acceptors (Lipinski definition) is 4. The zero-order valence-corrected chi connectivity index (χ0v) is 12.2. The van der Waals surface area contributed by atoms with Crippen molar-refractivity contribution in [2.45, 2.75) is 12.1 Å². The van der Waals surface area contributed by atoms with Crippen LogP contribution in [-0.2, 0) is 0 Å². The maximum atomic E-state index is 6.10. The second kappa shape index (κ2) is 6.06. The maximum Gasteiger partial charge on any atom is 0.161 e. The molecule has 21 heavy (non-hydrogen) atoms. The lowest BCUT2D eigenvalue weighted by Crippen LogP contribution is -2.40. The Hall–Kier alpha value is -2.20. The number of para-hydroxylation sites is 3. The molecule has 0 fully saturated rings. The van der Waals surface area contributed by atoms with Crippen LogP contribution in [0, 0.1) is 0 Å². The minimum atomic E-state index is -0.110.